The Balaban J connectivity index is 0.000000179. The van der Waals surface area contributed by atoms with Gasteiger partial charge in [0, 0.05) is 19.2 Å². The van der Waals surface area contributed by atoms with Gasteiger partial charge in [0.05, 0.1) is 11.7 Å². The fraction of sp³-hybridized carbons (Fsp3) is 0.643. The quantitative estimate of drug-likeness (QED) is 0.450. The van der Waals surface area contributed by atoms with Gasteiger partial charge < -0.3 is 4.90 Å². The number of hydrogen-bond acceptors (Lipinski definition) is 4. The smallest absolute Gasteiger partial charge is 0.193 e. The van der Waals surface area contributed by atoms with Gasteiger partial charge in [-0.25, -0.2) is 4.52 Å². The number of nitrogens with zero attached hydrogens (tertiary/aromatic N) is 3. The van der Waals surface area contributed by atoms with Crippen LogP contribution < -0.4 is 0 Å². The van der Waals surface area contributed by atoms with E-state index in [0.717, 1.165) is 17.2 Å². The maximum Gasteiger partial charge on any atom is 0.193 e. The second-order valence-corrected chi connectivity index (χ2v) is 11.0. The molecule has 2 fully saturated rings. The lowest BCUT2D eigenvalue weighted by Crippen LogP contribution is -2.34. The van der Waals surface area contributed by atoms with Crippen LogP contribution in [0.2, 0.25) is 0 Å². The molecule has 0 amide bonds. The molecule has 2 aromatic rings. The average Bonchev–Trinajstić information content (AvgIpc) is 3.16. The molecule has 184 valence electrons. The predicted octanol–water partition coefficient (Wildman–Crippen LogP) is 7.58. The van der Waals surface area contributed by atoms with Crippen LogP contribution in [0, 0.1) is 19.8 Å². The fourth-order valence-corrected chi connectivity index (χ4v) is 5.23. The van der Waals surface area contributed by atoms with Gasteiger partial charge in [-0.1, -0.05) is 50.9 Å². The SMILES string of the molecule is C1CCC(CN2CCCCC2)CC1.C=C(C)SC(=O)CCC.Cc1ccn2ncc(C)c2c1. The van der Waals surface area contributed by atoms with Gasteiger partial charge in [-0.3, -0.25) is 4.79 Å². The number of likely N-dealkylation sites (tertiary alicyclic amines) is 1. The van der Waals surface area contributed by atoms with Crippen LogP contribution in [-0.4, -0.2) is 39.3 Å². The van der Waals surface area contributed by atoms with Gasteiger partial charge >= 0.3 is 0 Å². The number of allylic oxidation sites excluding steroid dienone is 1. The van der Waals surface area contributed by atoms with Crippen molar-refractivity contribution in [3.05, 3.63) is 47.1 Å². The molecular formula is C28H45N3OS. The highest BCUT2D eigenvalue weighted by Crippen LogP contribution is 2.25. The zero-order valence-corrected chi connectivity index (χ0v) is 22.3. The van der Waals surface area contributed by atoms with Crippen molar-refractivity contribution in [3.63, 3.8) is 0 Å². The first-order valence-electron chi connectivity index (χ1n) is 12.9. The molecule has 2 aromatic heterocycles. The molecule has 0 radical (unpaired) electrons. The van der Waals surface area contributed by atoms with Crippen molar-refractivity contribution in [1.29, 1.82) is 0 Å². The summed E-state index contributed by atoms with van der Waals surface area (Å²) in [5, 5.41) is 4.40. The first kappa shape index (κ1) is 27.7. The average molecular weight is 472 g/mol. The highest BCUT2D eigenvalue weighted by atomic mass is 32.2. The first-order valence-corrected chi connectivity index (χ1v) is 13.7. The van der Waals surface area contributed by atoms with E-state index >= 15 is 0 Å². The molecule has 0 atom stereocenters. The third-order valence-corrected chi connectivity index (χ3v) is 7.08. The Labute approximate surface area is 206 Å². The minimum absolute atomic E-state index is 0.227. The van der Waals surface area contributed by atoms with Crippen LogP contribution in [0.3, 0.4) is 0 Å². The third kappa shape index (κ3) is 10.9. The summed E-state index contributed by atoms with van der Waals surface area (Å²) in [5.74, 6) is 1.05. The molecule has 33 heavy (non-hydrogen) atoms. The minimum atomic E-state index is 0.227. The van der Waals surface area contributed by atoms with Gasteiger partial charge in [-0.2, -0.15) is 5.10 Å². The molecule has 1 saturated heterocycles. The van der Waals surface area contributed by atoms with Crippen molar-refractivity contribution in [2.24, 2.45) is 5.92 Å². The van der Waals surface area contributed by atoms with E-state index in [1.54, 1.807) is 0 Å². The number of carbonyl (C=O) groups is 1. The van der Waals surface area contributed by atoms with Crippen LogP contribution in [0.4, 0.5) is 0 Å². The molecule has 5 heteroatoms. The van der Waals surface area contributed by atoms with Crippen LogP contribution >= 0.6 is 11.8 Å². The van der Waals surface area contributed by atoms with Crippen molar-refractivity contribution in [2.75, 3.05) is 19.6 Å². The first-order chi connectivity index (χ1) is 15.9. The van der Waals surface area contributed by atoms with Crippen LogP contribution in [0.5, 0.6) is 0 Å². The monoisotopic (exact) mass is 471 g/mol. The number of aromatic nitrogens is 2. The Morgan fingerprint density at radius 3 is 2.42 bits per heavy atom. The summed E-state index contributed by atoms with van der Waals surface area (Å²) in [7, 11) is 0. The van der Waals surface area contributed by atoms with Gasteiger partial charge in [0.1, 0.15) is 0 Å². The van der Waals surface area contributed by atoms with Gasteiger partial charge in [-0.05, 0) is 100 Å². The molecule has 1 saturated carbocycles. The van der Waals surface area contributed by atoms with Gasteiger partial charge in [0.25, 0.3) is 0 Å². The molecule has 1 aliphatic heterocycles. The Bertz CT molecular complexity index is 832. The highest BCUT2D eigenvalue weighted by molar-refractivity contribution is 8.16. The Morgan fingerprint density at radius 1 is 1.12 bits per heavy atom. The molecular weight excluding hydrogens is 426 g/mol. The summed E-state index contributed by atoms with van der Waals surface area (Å²) >= 11 is 1.25. The zero-order valence-electron chi connectivity index (χ0n) is 21.4. The van der Waals surface area contributed by atoms with Crippen molar-refractivity contribution < 1.29 is 4.79 Å². The molecule has 0 bridgehead atoms. The second-order valence-electron chi connectivity index (χ2n) is 9.65. The van der Waals surface area contributed by atoms with E-state index in [1.165, 1.54) is 99.4 Å². The number of pyridine rings is 1. The number of carbonyl (C=O) groups excluding carboxylic acids is 1. The van der Waals surface area contributed by atoms with E-state index in [2.05, 4.69) is 42.6 Å². The summed E-state index contributed by atoms with van der Waals surface area (Å²) in [4.78, 5) is 14.3. The molecule has 0 spiro atoms. The summed E-state index contributed by atoms with van der Waals surface area (Å²) in [6.45, 7) is 15.8. The minimum Gasteiger partial charge on any atom is -0.303 e. The fourth-order valence-electron chi connectivity index (χ4n) is 4.53. The van der Waals surface area contributed by atoms with Crippen molar-refractivity contribution >= 4 is 22.4 Å². The van der Waals surface area contributed by atoms with Crippen molar-refractivity contribution in [3.8, 4) is 0 Å². The number of rotatable bonds is 5. The second kappa shape index (κ2) is 15.3. The summed E-state index contributed by atoms with van der Waals surface area (Å²) in [6, 6.07) is 4.20. The van der Waals surface area contributed by atoms with Crippen LogP contribution in [0.1, 0.15) is 89.2 Å². The highest BCUT2D eigenvalue weighted by Gasteiger charge is 2.18. The van der Waals surface area contributed by atoms with Crippen molar-refractivity contribution in [1.82, 2.24) is 14.5 Å². The molecule has 4 rings (SSSR count). The predicted molar refractivity (Wildman–Crippen MR) is 144 cm³/mol. The summed E-state index contributed by atoms with van der Waals surface area (Å²) < 4.78 is 1.89. The van der Waals surface area contributed by atoms with E-state index < -0.39 is 0 Å². The maximum atomic E-state index is 10.8. The third-order valence-electron chi connectivity index (χ3n) is 6.30. The Kier molecular flexibility index (Phi) is 12.9. The lowest BCUT2D eigenvalue weighted by atomic mass is 9.88. The number of piperidine rings is 1. The molecule has 0 aromatic carbocycles. The van der Waals surface area contributed by atoms with Crippen LogP contribution in [-0.2, 0) is 4.79 Å². The zero-order chi connectivity index (χ0) is 24.1. The normalized spacial score (nSPS) is 17.0. The van der Waals surface area contributed by atoms with E-state index in [0.29, 0.717) is 6.42 Å². The number of aryl methyl sites for hydroxylation is 2. The number of hydrogen-bond donors (Lipinski definition) is 0. The van der Waals surface area contributed by atoms with E-state index in [4.69, 9.17) is 0 Å². The molecule has 3 heterocycles. The summed E-state index contributed by atoms with van der Waals surface area (Å²) in [5.41, 5.74) is 3.71. The number of fused-ring (bicyclic) bond motifs is 1. The summed E-state index contributed by atoms with van der Waals surface area (Å²) in [6.07, 6.45) is 17.4. The van der Waals surface area contributed by atoms with Crippen LogP contribution in [0.15, 0.2) is 36.0 Å². The molecule has 4 nitrogen and oxygen atoms in total. The van der Waals surface area contributed by atoms with Gasteiger partial charge in [0.2, 0.25) is 0 Å². The molecule has 0 N–H and O–H groups in total. The van der Waals surface area contributed by atoms with Crippen LogP contribution in [0.25, 0.3) is 5.52 Å². The largest absolute Gasteiger partial charge is 0.303 e. The van der Waals surface area contributed by atoms with Crippen molar-refractivity contribution in [2.45, 2.75) is 91.9 Å². The number of thioether (sulfide) groups is 1. The lowest BCUT2D eigenvalue weighted by molar-refractivity contribution is -0.110. The van der Waals surface area contributed by atoms with E-state index in [-0.39, 0.29) is 5.12 Å². The van der Waals surface area contributed by atoms with Gasteiger partial charge in [0.15, 0.2) is 5.12 Å². The van der Waals surface area contributed by atoms with E-state index in [9.17, 15) is 4.79 Å². The standard InChI is InChI=1S/C12H23N.C9H10N2.C7H12OS/c1-3-7-12(8-4-1)11-13-9-5-2-6-10-13;1-7-3-4-11-9(5-7)8(2)6-10-11;1-4-5-7(8)9-6(2)3/h12H,1-11H2;3-6H,1-2H3;2,4-5H2,1,3H3. The maximum absolute atomic E-state index is 10.8. The molecule has 2 aliphatic rings. The molecule has 1 aliphatic carbocycles. The molecule has 0 unspecified atom stereocenters. The Hall–Kier alpha value is -1.59. The lowest BCUT2D eigenvalue weighted by Gasteiger charge is -2.32. The van der Waals surface area contributed by atoms with Gasteiger partial charge in [-0.15, -0.1) is 0 Å². The van der Waals surface area contributed by atoms with E-state index in [1.807, 2.05) is 30.8 Å². The topological polar surface area (TPSA) is 37.6 Å². The Morgan fingerprint density at radius 2 is 1.79 bits per heavy atom.